The van der Waals surface area contributed by atoms with Crippen LogP contribution in [-0.2, 0) is 9.59 Å². The third kappa shape index (κ3) is 29.3. The fourth-order valence-corrected chi connectivity index (χ4v) is 5.00. The number of unbranched alkanes of at least 4 members (excludes halogenated alkanes) is 17. The van der Waals surface area contributed by atoms with Crippen LogP contribution < -0.4 is 0 Å². The van der Waals surface area contributed by atoms with Crippen LogP contribution in [0.5, 0.6) is 0 Å². The molecule has 0 aliphatic carbocycles. The number of ketones is 1. The molecule has 0 rings (SSSR count). The first-order valence-corrected chi connectivity index (χ1v) is 17.3. The van der Waals surface area contributed by atoms with E-state index in [2.05, 4.69) is 62.5 Å². The van der Waals surface area contributed by atoms with E-state index in [1.807, 2.05) is 0 Å². The van der Waals surface area contributed by atoms with E-state index < -0.39 is 5.92 Å². The second kappa shape index (κ2) is 33.5. The van der Waals surface area contributed by atoms with Crippen molar-refractivity contribution >= 4 is 12.1 Å². The first-order chi connectivity index (χ1) is 19.8. The highest BCUT2D eigenvalue weighted by Gasteiger charge is 2.15. The second-order valence-electron chi connectivity index (χ2n) is 11.6. The van der Waals surface area contributed by atoms with Crippen LogP contribution in [0.15, 0.2) is 48.6 Å². The molecule has 2 heteroatoms. The SMILES string of the molecule is CCCCCC=CCC=CCC=CCC=CCCC(C=O)C(=O)CCCCCCCCCCCCCCCCC. The Kier molecular flexibility index (Phi) is 32.1. The van der Waals surface area contributed by atoms with Gasteiger partial charge in [-0.3, -0.25) is 4.79 Å². The maximum absolute atomic E-state index is 12.4. The summed E-state index contributed by atoms with van der Waals surface area (Å²) in [6, 6.07) is 0. The fraction of sp³-hybridized carbons (Fsp3) is 0.737. The molecule has 0 radical (unpaired) electrons. The summed E-state index contributed by atoms with van der Waals surface area (Å²) in [5.41, 5.74) is 0. The van der Waals surface area contributed by atoms with Crippen LogP contribution in [-0.4, -0.2) is 12.1 Å². The van der Waals surface area contributed by atoms with Gasteiger partial charge in [0.25, 0.3) is 0 Å². The van der Waals surface area contributed by atoms with E-state index >= 15 is 0 Å². The van der Waals surface area contributed by atoms with Crippen molar-refractivity contribution in [3.8, 4) is 0 Å². The quantitative estimate of drug-likeness (QED) is 0.0369. The Bertz CT molecular complexity index is 654. The molecule has 0 N–H and O–H groups in total. The summed E-state index contributed by atoms with van der Waals surface area (Å²) >= 11 is 0. The molecule has 1 atom stereocenters. The van der Waals surface area contributed by atoms with Crippen molar-refractivity contribution in [2.45, 2.75) is 174 Å². The van der Waals surface area contributed by atoms with E-state index in [1.165, 1.54) is 109 Å². The van der Waals surface area contributed by atoms with Gasteiger partial charge in [0.15, 0.2) is 0 Å². The summed E-state index contributed by atoms with van der Waals surface area (Å²) < 4.78 is 0. The Labute approximate surface area is 250 Å². The molecule has 0 fully saturated rings. The Balaban J connectivity index is 3.62. The van der Waals surface area contributed by atoms with E-state index in [9.17, 15) is 9.59 Å². The van der Waals surface area contributed by atoms with Gasteiger partial charge in [-0.25, -0.2) is 0 Å². The molecular weight excluding hydrogens is 488 g/mol. The van der Waals surface area contributed by atoms with Crippen molar-refractivity contribution in [1.29, 1.82) is 0 Å². The first-order valence-electron chi connectivity index (χ1n) is 17.3. The van der Waals surface area contributed by atoms with E-state index in [0.717, 1.165) is 44.8 Å². The van der Waals surface area contributed by atoms with Gasteiger partial charge in [0, 0.05) is 6.42 Å². The molecule has 0 heterocycles. The fourth-order valence-electron chi connectivity index (χ4n) is 5.00. The van der Waals surface area contributed by atoms with Gasteiger partial charge in [-0.15, -0.1) is 0 Å². The maximum Gasteiger partial charge on any atom is 0.143 e. The van der Waals surface area contributed by atoms with Crippen molar-refractivity contribution in [1.82, 2.24) is 0 Å². The van der Waals surface area contributed by atoms with Gasteiger partial charge in [-0.1, -0.05) is 165 Å². The van der Waals surface area contributed by atoms with Gasteiger partial charge in [0.05, 0.1) is 5.92 Å². The monoisotopic (exact) mass is 555 g/mol. The average Bonchev–Trinajstić information content (AvgIpc) is 2.96. The Hall–Kier alpha value is -1.70. The average molecular weight is 555 g/mol. The smallest absolute Gasteiger partial charge is 0.143 e. The molecular formula is C38H66O2. The number of allylic oxidation sites excluding steroid dienone is 8. The van der Waals surface area contributed by atoms with Gasteiger partial charge in [-0.2, -0.15) is 0 Å². The normalized spacial score (nSPS) is 12.9. The lowest BCUT2D eigenvalue weighted by molar-refractivity contribution is -0.127. The third-order valence-electron chi connectivity index (χ3n) is 7.71. The van der Waals surface area contributed by atoms with Crippen molar-refractivity contribution in [3.63, 3.8) is 0 Å². The van der Waals surface area contributed by atoms with Crippen LogP contribution in [0.3, 0.4) is 0 Å². The number of aldehydes is 1. The molecule has 230 valence electrons. The largest absolute Gasteiger partial charge is 0.303 e. The Morgan fingerprint density at radius 3 is 1.30 bits per heavy atom. The zero-order valence-corrected chi connectivity index (χ0v) is 26.8. The zero-order chi connectivity index (χ0) is 29.2. The van der Waals surface area contributed by atoms with Gasteiger partial charge < -0.3 is 4.79 Å². The standard InChI is InChI=1S/C38H66O2/c1-3-5-7-9-11-13-15-17-19-21-22-24-26-28-30-32-34-37(36-39)38(40)35-33-31-29-27-25-23-20-18-16-14-12-10-8-6-4-2/h11,13,17,19,22,24,28,30,36-37H,3-10,12,14-16,18,20-21,23,25-27,29,31-35H2,1-2H3. The van der Waals surface area contributed by atoms with Crippen LogP contribution in [0.1, 0.15) is 174 Å². The Morgan fingerprint density at radius 1 is 0.475 bits per heavy atom. The molecule has 0 aliphatic rings. The van der Waals surface area contributed by atoms with Gasteiger partial charge >= 0.3 is 0 Å². The van der Waals surface area contributed by atoms with Crippen LogP contribution in [0.2, 0.25) is 0 Å². The second-order valence-corrected chi connectivity index (χ2v) is 11.6. The highest BCUT2D eigenvalue weighted by molar-refractivity contribution is 5.93. The predicted molar refractivity (Wildman–Crippen MR) is 178 cm³/mol. The lowest BCUT2D eigenvalue weighted by Gasteiger charge is -2.08. The van der Waals surface area contributed by atoms with Crippen molar-refractivity contribution in [2.75, 3.05) is 0 Å². The lowest BCUT2D eigenvalue weighted by atomic mass is 9.95. The highest BCUT2D eigenvalue weighted by Crippen LogP contribution is 2.15. The summed E-state index contributed by atoms with van der Waals surface area (Å²) in [5.74, 6) is -0.279. The predicted octanol–water partition coefficient (Wildman–Crippen LogP) is 12.4. The van der Waals surface area contributed by atoms with Crippen LogP contribution >= 0.6 is 0 Å². The topological polar surface area (TPSA) is 34.1 Å². The molecule has 0 aromatic heterocycles. The molecule has 0 saturated heterocycles. The van der Waals surface area contributed by atoms with Crippen molar-refractivity contribution in [3.05, 3.63) is 48.6 Å². The molecule has 40 heavy (non-hydrogen) atoms. The molecule has 0 aromatic rings. The third-order valence-corrected chi connectivity index (χ3v) is 7.71. The molecule has 2 nitrogen and oxygen atoms in total. The van der Waals surface area contributed by atoms with E-state index in [0.29, 0.717) is 12.8 Å². The van der Waals surface area contributed by atoms with Crippen molar-refractivity contribution in [2.24, 2.45) is 5.92 Å². The summed E-state index contributed by atoms with van der Waals surface area (Å²) in [6.45, 7) is 4.52. The summed E-state index contributed by atoms with van der Waals surface area (Å²) in [7, 11) is 0. The molecule has 0 aliphatic heterocycles. The highest BCUT2D eigenvalue weighted by atomic mass is 16.1. The van der Waals surface area contributed by atoms with Gasteiger partial charge in [-0.05, 0) is 51.4 Å². The molecule has 0 aromatic carbocycles. The minimum Gasteiger partial charge on any atom is -0.303 e. The van der Waals surface area contributed by atoms with E-state index in [1.54, 1.807) is 0 Å². The summed E-state index contributed by atoms with van der Waals surface area (Å²) in [4.78, 5) is 23.9. The van der Waals surface area contributed by atoms with Gasteiger partial charge in [0.1, 0.15) is 12.1 Å². The molecule has 0 saturated carbocycles. The molecule has 0 amide bonds. The maximum atomic E-state index is 12.4. The lowest BCUT2D eigenvalue weighted by Crippen LogP contribution is -2.15. The molecule has 1 unspecified atom stereocenters. The number of carbonyl (C=O) groups excluding carboxylic acids is 2. The number of rotatable bonds is 31. The molecule has 0 spiro atoms. The minimum absolute atomic E-state index is 0.139. The number of carbonyl (C=O) groups is 2. The Morgan fingerprint density at radius 2 is 0.850 bits per heavy atom. The first kappa shape index (κ1) is 38.3. The zero-order valence-electron chi connectivity index (χ0n) is 26.8. The number of hydrogen-bond acceptors (Lipinski definition) is 2. The number of hydrogen-bond donors (Lipinski definition) is 0. The molecule has 0 bridgehead atoms. The van der Waals surface area contributed by atoms with Crippen LogP contribution in [0, 0.1) is 5.92 Å². The van der Waals surface area contributed by atoms with E-state index in [-0.39, 0.29) is 5.78 Å². The van der Waals surface area contributed by atoms with Crippen molar-refractivity contribution < 1.29 is 9.59 Å². The summed E-state index contributed by atoms with van der Waals surface area (Å²) in [6.07, 6.45) is 48.4. The van der Waals surface area contributed by atoms with E-state index in [4.69, 9.17) is 0 Å². The minimum atomic E-state index is -0.419. The number of Topliss-reactive ketones (excluding diaryl/α,β-unsaturated/α-hetero) is 1. The van der Waals surface area contributed by atoms with Gasteiger partial charge in [0.2, 0.25) is 0 Å². The van der Waals surface area contributed by atoms with Crippen LogP contribution in [0.25, 0.3) is 0 Å². The van der Waals surface area contributed by atoms with Crippen LogP contribution in [0.4, 0.5) is 0 Å². The summed E-state index contributed by atoms with van der Waals surface area (Å²) in [5, 5.41) is 0.